The van der Waals surface area contributed by atoms with Crippen molar-refractivity contribution >= 4 is 16.0 Å². The molecule has 0 bridgehead atoms. The average Bonchev–Trinajstić information content (AvgIpc) is 2.99. The van der Waals surface area contributed by atoms with Crippen LogP contribution in [0.1, 0.15) is 0 Å². The quantitative estimate of drug-likeness (QED) is 0.788. The first kappa shape index (κ1) is 13.3. The van der Waals surface area contributed by atoms with Gasteiger partial charge < -0.3 is 0 Å². The molecule has 106 valence electrons. The maximum absolute atomic E-state index is 12.2. The van der Waals surface area contributed by atoms with Crippen LogP contribution in [0.5, 0.6) is 0 Å². The van der Waals surface area contributed by atoms with Crippen molar-refractivity contribution in [3.05, 3.63) is 61.2 Å². The Labute approximate surface area is 121 Å². The number of rotatable bonds is 4. The lowest BCUT2D eigenvalue weighted by atomic mass is 10.3. The van der Waals surface area contributed by atoms with Gasteiger partial charge in [-0.3, -0.25) is 0 Å². The molecule has 7 nitrogen and oxygen atoms in total. The van der Waals surface area contributed by atoms with E-state index in [1.165, 1.54) is 29.5 Å². The molecule has 0 aliphatic rings. The van der Waals surface area contributed by atoms with Crippen LogP contribution in [-0.4, -0.2) is 28.2 Å². The van der Waals surface area contributed by atoms with E-state index in [9.17, 15) is 8.42 Å². The van der Waals surface area contributed by atoms with Crippen molar-refractivity contribution < 1.29 is 8.42 Å². The van der Waals surface area contributed by atoms with Crippen LogP contribution >= 0.6 is 0 Å². The summed E-state index contributed by atoms with van der Waals surface area (Å²) in [6, 6.07) is 10.8. The molecule has 8 heteroatoms. The number of aromatic nitrogens is 4. The van der Waals surface area contributed by atoms with E-state index >= 15 is 0 Å². The van der Waals surface area contributed by atoms with Crippen LogP contribution in [-0.2, 0) is 10.0 Å². The molecule has 1 N–H and O–H groups in total. The molecule has 3 aromatic rings. The third kappa shape index (κ3) is 2.90. The van der Waals surface area contributed by atoms with Gasteiger partial charge in [-0.25, -0.2) is 27.8 Å². The summed E-state index contributed by atoms with van der Waals surface area (Å²) in [4.78, 5) is 7.69. The highest BCUT2D eigenvalue weighted by atomic mass is 32.2. The Kier molecular flexibility index (Phi) is 3.36. The smallest absolute Gasteiger partial charge is 0.247 e. The summed E-state index contributed by atoms with van der Waals surface area (Å²) in [5.74, 6) is 0.0185. The van der Waals surface area contributed by atoms with Gasteiger partial charge in [0.1, 0.15) is 4.90 Å². The van der Waals surface area contributed by atoms with Crippen LogP contribution in [0.2, 0.25) is 0 Å². The number of sulfonamides is 1. The lowest BCUT2D eigenvalue weighted by molar-refractivity contribution is 0.601. The summed E-state index contributed by atoms with van der Waals surface area (Å²) in [6.07, 6.45) is 5.62. The molecule has 1 aromatic carbocycles. The highest BCUT2D eigenvalue weighted by Gasteiger charge is 2.18. The molecular formula is C13H11N5O2S. The second-order valence-electron chi connectivity index (χ2n) is 4.13. The monoisotopic (exact) mass is 301 g/mol. The predicted octanol–water partition coefficient (Wildman–Crippen LogP) is 1.46. The zero-order valence-corrected chi connectivity index (χ0v) is 11.6. The molecule has 0 aliphatic carbocycles. The minimum absolute atomic E-state index is 0.0185. The Hall–Kier alpha value is -2.74. The molecule has 0 unspecified atom stereocenters. The summed E-state index contributed by atoms with van der Waals surface area (Å²) in [7, 11) is -3.76. The first-order chi connectivity index (χ1) is 10.1. The van der Waals surface area contributed by atoms with Gasteiger partial charge in [0.05, 0.1) is 18.1 Å². The maximum atomic E-state index is 12.2. The molecule has 0 fully saturated rings. The SMILES string of the molecule is O=S(=O)(Nc1ncccn1)c1cnn(-c2ccccc2)c1. The molecular weight excluding hydrogens is 290 g/mol. The molecule has 0 atom stereocenters. The minimum atomic E-state index is -3.76. The zero-order valence-electron chi connectivity index (χ0n) is 10.8. The highest BCUT2D eigenvalue weighted by molar-refractivity contribution is 7.92. The molecule has 2 heterocycles. The number of hydrogen-bond donors (Lipinski definition) is 1. The standard InChI is InChI=1S/C13H11N5O2S/c19-21(20,17-13-14-7-4-8-15-13)12-9-16-18(10-12)11-5-2-1-3-6-11/h1-10H,(H,14,15,17). The Morgan fingerprint density at radius 2 is 1.71 bits per heavy atom. The van der Waals surface area contributed by atoms with Gasteiger partial charge in [0.25, 0.3) is 10.0 Å². The van der Waals surface area contributed by atoms with Crippen molar-refractivity contribution in [1.82, 2.24) is 19.7 Å². The van der Waals surface area contributed by atoms with Crippen LogP contribution in [0.4, 0.5) is 5.95 Å². The third-order valence-electron chi connectivity index (χ3n) is 2.68. The summed E-state index contributed by atoms with van der Waals surface area (Å²) in [6.45, 7) is 0. The largest absolute Gasteiger partial charge is 0.267 e. The van der Waals surface area contributed by atoms with Crippen LogP contribution in [0, 0.1) is 0 Å². The number of para-hydroxylation sites is 1. The van der Waals surface area contributed by atoms with E-state index in [1.807, 2.05) is 30.3 Å². The fourth-order valence-electron chi connectivity index (χ4n) is 1.70. The van der Waals surface area contributed by atoms with Crippen molar-refractivity contribution in [2.45, 2.75) is 4.90 Å². The first-order valence-electron chi connectivity index (χ1n) is 6.05. The second-order valence-corrected chi connectivity index (χ2v) is 5.82. The Morgan fingerprint density at radius 1 is 1.00 bits per heavy atom. The zero-order chi connectivity index (χ0) is 14.7. The lowest BCUT2D eigenvalue weighted by Crippen LogP contribution is -2.14. The Morgan fingerprint density at radius 3 is 2.43 bits per heavy atom. The molecule has 3 rings (SSSR count). The molecule has 0 radical (unpaired) electrons. The molecule has 0 aliphatic heterocycles. The van der Waals surface area contributed by atoms with E-state index < -0.39 is 10.0 Å². The first-order valence-corrected chi connectivity index (χ1v) is 7.53. The van der Waals surface area contributed by atoms with Gasteiger partial charge in [0.15, 0.2) is 0 Å². The van der Waals surface area contributed by atoms with E-state index in [4.69, 9.17) is 0 Å². The number of hydrogen-bond acceptors (Lipinski definition) is 5. The van der Waals surface area contributed by atoms with Crippen LogP contribution in [0.3, 0.4) is 0 Å². The van der Waals surface area contributed by atoms with Gasteiger partial charge in [-0.05, 0) is 18.2 Å². The second kappa shape index (κ2) is 5.33. The molecule has 21 heavy (non-hydrogen) atoms. The van der Waals surface area contributed by atoms with E-state index in [0.717, 1.165) is 5.69 Å². The van der Waals surface area contributed by atoms with E-state index in [1.54, 1.807) is 6.07 Å². The lowest BCUT2D eigenvalue weighted by Gasteiger charge is -2.03. The maximum Gasteiger partial charge on any atom is 0.267 e. The topological polar surface area (TPSA) is 89.8 Å². The van der Waals surface area contributed by atoms with Crippen molar-refractivity contribution in [2.75, 3.05) is 4.72 Å². The van der Waals surface area contributed by atoms with E-state index in [0.29, 0.717) is 0 Å². The number of benzene rings is 1. The van der Waals surface area contributed by atoms with Gasteiger partial charge in [-0.2, -0.15) is 5.10 Å². The van der Waals surface area contributed by atoms with Crippen LogP contribution in [0.25, 0.3) is 5.69 Å². The van der Waals surface area contributed by atoms with Crippen molar-refractivity contribution in [2.24, 2.45) is 0 Å². The van der Waals surface area contributed by atoms with E-state index in [2.05, 4.69) is 19.8 Å². The highest BCUT2D eigenvalue weighted by Crippen LogP contribution is 2.14. The van der Waals surface area contributed by atoms with Gasteiger partial charge >= 0.3 is 0 Å². The predicted molar refractivity (Wildman–Crippen MR) is 76.4 cm³/mol. The molecule has 0 saturated heterocycles. The fourth-order valence-corrected chi connectivity index (χ4v) is 2.59. The molecule has 0 amide bonds. The van der Waals surface area contributed by atoms with Crippen molar-refractivity contribution in [3.8, 4) is 5.69 Å². The summed E-state index contributed by atoms with van der Waals surface area (Å²) >= 11 is 0. The Balaban J connectivity index is 1.89. The molecule has 0 spiro atoms. The molecule has 0 saturated carbocycles. The van der Waals surface area contributed by atoms with Crippen molar-refractivity contribution in [1.29, 1.82) is 0 Å². The summed E-state index contributed by atoms with van der Waals surface area (Å²) in [5, 5.41) is 4.05. The van der Waals surface area contributed by atoms with E-state index in [-0.39, 0.29) is 10.8 Å². The number of nitrogens with one attached hydrogen (secondary N) is 1. The minimum Gasteiger partial charge on any atom is -0.247 e. The van der Waals surface area contributed by atoms with Crippen molar-refractivity contribution in [3.63, 3.8) is 0 Å². The summed E-state index contributed by atoms with van der Waals surface area (Å²) in [5.41, 5.74) is 0.773. The van der Waals surface area contributed by atoms with Gasteiger partial charge in [0, 0.05) is 12.4 Å². The number of nitrogens with zero attached hydrogens (tertiary/aromatic N) is 4. The van der Waals surface area contributed by atoms with Gasteiger partial charge in [-0.15, -0.1) is 0 Å². The number of anilines is 1. The fraction of sp³-hybridized carbons (Fsp3) is 0. The normalized spacial score (nSPS) is 11.2. The van der Waals surface area contributed by atoms with Gasteiger partial charge in [0.2, 0.25) is 5.95 Å². The van der Waals surface area contributed by atoms with Crippen LogP contribution in [0.15, 0.2) is 66.1 Å². The average molecular weight is 301 g/mol. The third-order valence-corrected chi connectivity index (χ3v) is 3.96. The van der Waals surface area contributed by atoms with Crippen LogP contribution < -0.4 is 4.72 Å². The summed E-state index contributed by atoms with van der Waals surface area (Å²) < 4.78 is 28.2. The Bertz CT molecular complexity index is 831. The molecule has 2 aromatic heterocycles. The van der Waals surface area contributed by atoms with Gasteiger partial charge in [-0.1, -0.05) is 18.2 Å².